The van der Waals surface area contributed by atoms with Crippen LogP contribution in [-0.2, 0) is 6.54 Å². The summed E-state index contributed by atoms with van der Waals surface area (Å²) in [7, 11) is 0. The third kappa shape index (κ3) is 2.29. The van der Waals surface area contributed by atoms with Crippen LogP contribution in [0.5, 0.6) is 0 Å². The molecule has 102 valence electrons. The molecular weight excluding hydrogens is 266 g/mol. The molecule has 0 saturated heterocycles. The first kappa shape index (κ1) is 13.1. The Kier molecular flexibility index (Phi) is 3.22. The maximum atomic E-state index is 12.4. The number of hydrogen-bond acceptors (Lipinski definition) is 2. The molecule has 0 radical (unpaired) electrons. The third-order valence-corrected chi connectivity index (χ3v) is 4.55. The van der Waals surface area contributed by atoms with Gasteiger partial charge in [0.05, 0.1) is 6.54 Å². The second kappa shape index (κ2) is 4.91. The number of Topliss-reactive ketones (excluding diaryl/α,β-unsaturated/α-hetero) is 1. The number of fused-ring (bicyclic) bond motifs is 1. The minimum atomic E-state index is 0.185. The van der Waals surface area contributed by atoms with Gasteiger partial charge in [0.25, 0.3) is 0 Å². The molecule has 0 unspecified atom stereocenters. The molecule has 0 spiro atoms. The molecular formula is C17H17NOS. The minimum absolute atomic E-state index is 0.185. The SMILES string of the molecule is Cc1ccc2c(ccn2CC(=O)c2cc(C)sc2C)c1. The smallest absolute Gasteiger partial charge is 0.183 e. The van der Waals surface area contributed by atoms with E-state index in [4.69, 9.17) is 0 Å². The predicted molar refractivity (Wildman–Crippen MR) is 84.8 cm³/mol. The minimum Gasteiger partial charge on any atom is -0.340 e. The van der Waals surface area contributed by atoms with Gasteiger partial charge in [0, 0.05) is 27.0 Å². The standard InChI is InChI=1S/C17H17NOS/c1-11-4-5-16-14(8-11)6-7-18(16)10-17(19)15-9-12(2)20-13(15)3/h4-9H,10H2,1-3H3. The molecule has 0 bridgehead atoms. The first-order valence-electron chi connectivity index (χ1n) is 6.70. The van der Waals surface area contributed by atoms with Gasteiger partial charge >= 0.3 is 0 Å². The largest absolute Gasteiger partial charge is 0.340 e. The molecule has 1 aromatic carbocycles. The maximum absolute atomic E-state index is 12.4. The number of hydrogen-bond donors (Lipinski definition) is 0. The van der Waals surface area contributed by atoms with Gasteiger partial charge in [0.2, 0.25) is 0 Å². The molecule has 2 nitrogen and oxygen atoms in total. The number of carbonyl (C=O) groups is 1. The summed E-state index contributed by atoms with van der Waals surface area (Å²) >= 11 is 1.69. The van der Waals surface area contributed by atoms with Crippen LogP contribution < -0.4 is 0 Å². The summed E-state index contributed by atoms with van der Waals surface area (Å²) in [5, 5.41) is 1.19. The number of thiophene rings is 1. The van der Waals surface area contributed by atoms with Crippen molar-refractivity contribution in [2.75, 3.05) is 0 Å². The normalized spacial score (nSPS) is 11.2. The van der Waals surface area contributed by atoms with Crippen LogP contribution >= 0.6 is 11.3 Å². The average Bonchev–Trinajstić information content (AvgIpc) is 2.93. The zero-order valence-electron chi connectivity index (χ0n) is 11.9. The van der Waals surface area contributed by atoms with Gasteiger partial charge < -0.3 is 4.57 Å². The molecule has 2 heterocycles. The Hall–Kier alpha value is -1.87. The van der Waals surface area contributed by atoms with Gasteiger partial charge in [0.1, 0.15) is 0 Å². The Morgan fingerprint density at radius 2 is 1.95 bits per heavy atom. The highest BCUT2D eigenvalue weighted by Crippen LogP contribution is 2.23. The molecule has 0 atom stereocenters. The lowest BCUT2D eigenvalue weighted by Crippen LogP contribution is -2.09. The number of ketones is 1. The van der Waals surface area contributed by atoms with Crippen molar-refractivity contribution in [1.82, 2.24) is 4.57 Å². The number of nitrogens with zero attached hydrogens (tertiary/aromatic N) is 1. The molecule has 0 aliphatic heterocycles. The van der Waals surface area contributed by atoms with E-state index in [0.29, 0.717) is 6.54 Å². The highest BCUT2D eigenvalue weighted by atomic mass is 32.1. The van der Waals surface area contributed by atoms with E-state index in [1.54, 1.807) is 11.3 Å². The summed E-state index contributed by atoms with van der Waals surface area (Å²) < 4.78 is 2.03. The zero-order valence-corrected chi connectivity index (χ0v) is 12.8. The fraction of sp³-hybridized carbons (Fsp3) is 0.235. The summed E-state index contributed by atoms with van der Waals surface area (Å²) in [4.78, 5) is 14.7. The molecule has 0 saturated carbocycles. The Morgan fingerprint density at radius 3 is 2.65 bits per heavy atom. The second-order valence-electron chi connectivity index (χ2n) is 5.26. The molecule has 3 aromatic rings. The van der Waals surface area contributed by atoms with Crippen LogP contribution in [0.25, 0.3) is 10.9 Å². The molecule has 20 heavy (non-hydrogen) atoms. The molecule has 3 rings (SSSR count). The number of aromatic nitrogens is 1. The van der Waals surface area contributed by atoms with Gasteiger partial charge in [-0.1, -0.05) is 11.6 Å². The Labute approximate surface area is 122 Å². The first-order valence-corrected chi connectivity index (χ1v) is 7.52. The molecule has 0 aliphatic rings. The van der Waals surface area contributed by atoms with Gasteiger partial charge in [-0.15, -0.1) is 11.3 Å². The maximum Gasteiger partial charge on any atom is 0.183 e. The molecule has 0 fully saturated rings. The van der Waals surface area contributed by atoms with E-state index in [-0.39, 0.29) is 5.78 Å². The van der Waals surface area contributed by atoms with Crippen LogP contribution in [0.2, 0.25) is 0 Å². The van der Waals surface area contributed by atoms with Crippen molar-refractivity contribution in [3.05, 3.63) is 57.4 Å². The highest BCUT2D eigenvalue weighted by molar-refractivity contribution is 7.12. The average molecular weight is 283 g/mol. The van der Waals surface area contributed by atoms with E-state index in [1.807, 2.05) is 30.7 Å². The summed E-state index contributed by atoms with van der Waals surface area (Å²) in [5.74, 6) is 0.185. The summed E-state index contributed by atoms with van der Waals surface area (Å²) in [5.41, 5.74) is 3.22. The highest BCUT2D eigenvalue weighted by Gasteiger charge is 2.13. The van der Waals surface area contributed by atoms with Crippen molar-refractivity contribution >= 4 is 28.0 Å². The molecule has 0 N–H and O–H groups in total. The van der Waals surface area contributed by atoms with Crippen LogP contribution in [-0.4, -0.2) is 10.4 Å². The van der Waals surface area contributed by atoms with Crippen molar-refractivity contribution in [2.45, 2.75) is 27.3 Å². The Morgan fingerprint density at radius 1 is 1.15 bits per heavy atom. The van der Waals surface area contributed by atoms with Crippen molar-refractivity contribution in [2.24, 2.45) is 0 Å². The first-order chi connectivity index (χ1) is 9.54. The monoisotopic (exact) mass is 283 g/mol. The lowest BCUT2D eigenvalue weighted by molar-refractivity contribution is 0.0973. The van der Waals surface area contributed by atoms with Crippen molar-refractivity contribution in [1.29, 1.82) is 0 Å². The number of benzene rings is 1. The lowest BCUT2D eigenvalue weighted by atomic mass is 10.1. The quantitative estimate of drug-likeness (QED) is 0.648. The van der Waals surface area contributed by atoms with Gasteiger partial charge in [-0.25, -0.2) is 0 Å². The second-order valence-corrected chi connectivity index (χ2v) is 6.72. The zero-order chi connectivity index (χ0) is 14.3. The molecule has 0 aliphatic carbocycles. The van der Waals surface area contributed by atoms with Gasteiger partial charge in [-0.2, -0.15) is 0 Å². The van der Waals surface area contributed by atoms with Crippen LogP contribution in [0.1, 0.15) is 25.7 Å². The summed E-state index contributed by atoms with van der Waals surface area (Å²) in [6, 6.07) is 10.4. The number of rotatable bonds is 3. The predicted octanol–water partition coefficient (Wildman–Crippen LogP) is 4.51. The van der Waals surface area contributed by atoms with Crippen molar-refractivity contribution in [3.63, 3.8) is 0 Å². The summed E-state index contributed by atoms with van der Waals surface area (Å²) in [6.07, 6.45) is 2.00. The van der Waals surface area contributed by atoms with E-state index in [1.165, 1.54) is 15.8 Å². The van der Waals surface area contributed by atoms with E-state index in [0.717, 1.165) is 16.0 Å². The fourth-order valence-corrected chi connectivity index (χ4v) is 3.55. The Balaban J connectivity index is 1.93. The topological polar surface area (TPSA) is 22.0 Å². The Bertz CT molecular complexity index is 795. The number of carbonyl (C=O) groups excluding carboxylic acids is 1. The van der Waals surface area contributed by atoms with Crippen molar-refractivity contribution < 1.29 is 4.79 Å². The molecule has 0 amide bonds. The molecule has 3 heteroatoms. The molecule has 2 aromatic heterocycles. The third-order valence-electron chi connectivity index (χ3n) is 3.58. The van der Waals surface area contributed by atoms with Crippen LogP contribution in [0.3, 0.4) is 0 Å². The summed E-state index contributed by atoms with van der Waals surface area (Å²) in [6.45, 7) is 6.55. The van der Waals surface area contributed by atoms with Crippen LogP contribution in [0.15, 0.2) is 36.5 Å². The van der Waals surface area contributed by atoms with Gasteiger partial charge in [-0.3, -0.25) is 4.79 Å². The fourth-order valence-electron chi connectivity index (χ4n) is 2.60. The van der Waals surface area contributed by atoms with Crippen LogP contribution in [0, 0.1) is 20.8 Å². The van der Waals surface area contributed by atoms with E-state index in [2.05, 4.69) is 31.2 Å². The van der Waals surface area contributed by atoms with E-state index >= 15 is 0 Å². The van der Waals surface area contributed by atoms with E-state index < -0.39 is 0 Å². The van der Waals surface area contributed by atoms with E-state index in [9.17, 15) is 4.79 Å². The number of aryl methyl sites for hydroxylation is 3. The van der Waals surface area contributed by atoms with Gasteiger partial charge in [0.15, 0.2) is 5.78 Å². The lowest BCUT2D eigenvalue weighted by Gasteiger charge is -2.05. The van der Waals surface area contributed by atoms with Gasteiger partial charge in [-0.05, 0) is 50.4 Å². The van der Waals surface area contributed by atoms with Crippen molar-refractivity contribution in [3.8, 4) is 0 Å². The van der Waals surface area contributed by atoms with Crippen LogP contribution in [0.4, 0.5) is 0 Å².